The highest BCUT2D eigenvalue weighted by molar-refractivity contribution is 5.62. The van der Waals surface area contributed by atoms with Gasteiger partial charge in [-0.3, -0.25) is 0 Å². The van der Waals surface area contributed by atoms with Crippen LogP contribution < -0.4 is 14.8 Å². The molecule has 0 fully saturated rings. The zero-order chi connectivity index (χ0) is 16.8. The van der Waals surface area contributed by atoms with Crippen LogP contribution in [0.2, 0.25) is 0 Å². The van der Waals surface area contributed by atoms with Crippen LogP contribution in [0.3, 0.4) is 0 Å². The number of methoxy groups -OCH3 is 2. The van der Waals surface area contributed by atoms with Gasteiger partial charge in [0.25, 0.3) is 5.89 Å². The first-order valence-corrected chi connectivity index (χ1v) is 7.60. The number of benzene rings is 2. The number of nitrogens with one attached hydrogen (secondary N) is 1. The van der Waals surface area contributed by atoms with Crippen molar-refractivity contribution in [2.75, 3.05) is 14.2 Å². The molecule has 0 radical (unpaired) electrons. The summed E-state index contributed by atoms with van der Waals surface area (Å²) in [5.41, 5.74) is 1.85. The average Bonchev–Trinajstić information content (AvgIpc) is 3.11. The fraction of sp³-hybridized carbons (Fsp3) is 0.222. The van der Waals surface area contributed by atoms with Crippen LogP contribution >= 0.6 is 0 Å². The van der Waals surface area contributed by atoms with Crippen LogP contribution in [0.5, 0.6) is 11.5 Å². The molecule has 0 amide bonds. The number of hydrogen-bond acceptors (Lipinski definition) is 6. The predicted molar refractivity (Wildman–Crippen MR) is 89.8 cm³/mol. The Morgan fingerprint density at radius 2 is 1.58 bits per heavy atom. The smallest absolute Gasteiger partial charge is 0.251 e. The minimum absolute atomic E-state index is 0.446. The van der Waals surface area contributed by atoms with Gasteiger partial charge in [-0.1, -0.05) is 30.3 Å². The summed E-state index contributed by atoms with van der Waals surface area (Å²) in [6.45, 7) is 1.12. The van der Waals surface area contributed by atoms with Gasteiger partial charge in [0, 0.05) is 12.1 Å². The van der Waals surface area contributed by atoms with E-state index in [-0.39, 0.29) is 0 Å². The molecule has 0 aliphatic rings. The highest BCUT2D eigenvalue weighted by Crippen LogP contribution is 2.28. The van der Waals surface area contributed by atoms with Gasteiger partial charge in [0.2, 0.25) is 5.89 Å². The number of rotatable bonds is 7. The standard InChI is InChI=1S/C18H19N3O3/c1-22-15-9-5-3-7-13(15)11-19-12-17-20-21-18(24-17)14-8-4-6-10-16(14)23-2/h3-10,19H,11-12H2,1-2H3. The Labute approximate surface area is 140 Å². The first kappa shape index (κ1) is 16.0. The maximum absolute atomic E-state index is 5.71. The summed E-state index contributed by atoms with van der Waals surface area (Å²) in [5.74, 6) is 2.52. The van der Waals surface area contributed by atoms with Gasteiger partial charge in [0.15, 0.2) is 0 Å². The second-order valence-corrected chi connectivity index (χ2v) is 5.12. The fourth-order valence-electron chi connectivity index (χ4n) is 2.41. The van der Waals surface area contributed by atoms with Crippen molar-refractivity contribution in [3.8, 4) is 23.0 Å². The van der Waals surface area contributed by atoms with Gasteiger partial charge in [-0.25, -0.2) is 0 Å². The molecule has 0 saturated carbocycles. The molecule has 0 bridgehead atoms. The monoisotopic (exact) mass is 325 g/mol. The van der Waals surface area contributed by atoms with E-state index in [0.29, 0.717) is 30.6 Å². The average molecular weight is 325 g/mol. The van der Waals surface area contributed by atoms with Gasteiger partial charge in [-0.05, 0) is 18.2 Å². The number of para-hydroxylation sites is 2. The fourth-order valence-corrected chi connectivity index (χ4v) is 2.41. The van der Waals surface area contributed by atoms with Crippen molar-refractivity contribution in [2.45, 2.75) is 13.1 Å². The lowest BCUT2D eigenvalue weighted by molar-refractivity contribution is 0.405. The Hall–Kier alpha value is -2.86. The van der Waals surface area contributed by atoms with E-state index in [1.54, 1.807) is 14.2 Å². The van der Waals surface area contributed by atoms with E-state index in [1.165, 1.54) is 0 Å². The van der Waals surface area contributed by atoms with Crippen LogP contribution in [0.4, 0.5) is 0 Å². The molecular formula is C18H19N3O3. The van der Waals surface area contributed by atoms with Crippen LogP contribution in [0.1, 0.15) is 11.5 Å². The third kappa shape index (κ3) is 3.55. The summed E-state index contributed by atoms with van der Waals surface area (Å²) >= 11 is 0. The zero-order valence-corrected chi connectivity index (χ0v) is 13.7. The Balaban J connectivity index is 1.64. The van der Waals surface area contributed by atoms with Gasteiger partial charge in [-0.2, -0.15) is 0 Å². The third-order valence-electron chi connectivity index (χ3n) is 3.59. The van der Waals surface area contributed by atoms with Crippen molar-refractivity contribution in [3.63, 3.8) is 0 Å². The van der Waals surface area contributed by atoms with E-state index in [2.05, 4.69) is 15.5 Å². The lowest BCUT2D eigenvalue weighted by Crippen LogP contribution is -2.13. The molecule has 0 saturated heterocycles. The molecule has 0 unspecified atom stereocenters. The molecule has 0 spiro atoms. The summed E-state index contributed by atoms with van der Waals surface area (Å²) in [7, 11) is 3.28. The Bertz CT molecular complexity index is 801. The maximum Gasteiger partial charge on any atom is 0.251 e. The summed E-state index contributed by atoms with van der Waals surface area (Å²) in [6, 6.07) is 15.4. The Morgan fingerprint density at radius 1 is 0.875 bits per heavy atom. The lowest BCUT2D eigenvalue weighted by Gasteiger charge is -2.08. The van der Waals surface area contributed by atoms with Crippen LogP contribution in [-0.2, 0) is 13.1 Å². The van der Waals surface area contributed by atoms with Crippen molar-refractivity contribution >= 4 is 0 Å². The predicted octanol–water partition coefficient (Wildman–Crippen LogP) is 3.04. The van der Waals surface area contributed by atoms with Crippen molar-refractivity contribution in [2.24, 2.45) is 0 Å². The molecule has 24 heavy (non-hydrogen) atoms. The van der Waals surface area contributed by atoms with Gasteiger partial charge >= 0.3 is 0 Å². The molecule has 1 aromatic heterocycles. The van der Waals surface area contributed by atoms with E-state index < -0.39 is 0 Å². The number of ether oxygens (including phenoxy) is 2. The molecule has 6 nitrogen and oxygen atoms in total. The van der Waals surface area contributed by atoms with Gasteiger partial charge in [0.05, 0.1) is 26.3 Å². The molecule has 1 N–H and O–H groups in total. The summed E-state index contributed by atoms with van der Waals surface area (Å²) in [5, 5.41) is 11.4. The Kier molecular flexibility index (Phi) is 5.08. The molecule has 124 valence electrons. The van der Waals surface area contributed by atoms with Crippen LogP contribution in [-0.4, -0.2) is 24.4 Å². The molecule has 1 heterocycles. The van der Waals surface area contributed by atoms with Crippen LogP contribution in [0, 0.1) is 0 Å². The normalized spacial score (nSPS) is 10.6. The first-order chi connectivity index (χ1) is 11.8. The highest BCUT2D eigenvalue weighted by atomic mass is 16.5. The number of aromatic nitrogens is 2. The first-order valence-electron chi connectivity index (χ1n) is 7.60. The van der Waals surface area contributed by atoms with Crippen LogP contribution in [0.15, 0.2) is 52.9 Å². The maximum atomic E-state index is 5.71. The number of nitrogens with zero attached hydrogens (tertiary/aromatic N) is 2. The molecule has 0 atom stereocenters. The minimum Gasteiger partial charge on any atom is -0.496 e. The van der Waals surface area contributed by atoms with Crippen molar-refractivity contribution in [1.82, 2.24) is 15.5 Å². The summed E-state index contributed by atoms with van der Waals surface area (Å²) in [6.07, 6.45) is 0. The minimum atomic E-state index is 0.446. The second-order valence-electron chi connectivity index (χ2n) is 5.12. The van der Waals surface area contributed by atoms with Crippen LogP contribution in [0.25, 0.3) is 11.5 Å². The molecule has 0 aliphatic carbocycles. The van der Waals surface area contributed by atoms with Crippen molar-refractivity contribution in [3.05, 3.63) is 60.0 Å². The molecule has 2 aromatic carbocycles. The third-order valence-corrected chi connectivity index (χ3v) is 3.59. The van der Waals surface area contributed by atoms with E-state index in [0.717, 1.165) is 16.9 Å². The topological polar surface area (TPSA) is 69.4 Å². The van der Waals surface area contributed by atoms with E-state index >= 15 is 0 Å². The van der Waals surface area contributed by atoms with Gasteiger partial charge in [0.1, 0.15) is 11.5 Å². The van der Waals surface area contributed by atoms with Gasteiger partial charge in [-0.15, -0.1) is 10.2 Å². The molecule has 3 rings (SSSR count). The van der Waals surface area contributed by atoms with E-state index in [4.69, 9.17) is 13.9 Å². The lowest BCUT2D eigenvalue weighted by atomic mass is 10.2. The number of hydrogen-bond donors (Lipinski definition) is 1. The molecule has 3 aromatic rings. The van der Waals surface area contributed by atoms with Gasteiger partial charge < -0.3 is 19.2 Å². The Morgan fingerprint density at radius 3 is 2.38 bits per heavy atom. The summed E-state index contributed by atoms with van der Waals surface area (Å²) < 4.78 is 16.4. The molecule has 6 heteroatoms. The quantitative estimate of drug-likeness (QED) is 0.720. The second kappa shape index (κ2) is 7.61. The van der Waals surface area contributed by atoms with E-state index in [9.17, 15) is 0 Å². The van der Waals surface area contributed by atoms with E-state index in [1.807, 2.05) is 48.5 Å². The van der Waals surface area contributed by atoms with Crippen molar-refractivity contribution < 1.29 is 13.9 Å². The zero-order valence-electron chi connectivity index (χ0n) is 13.7. The molecular weight excluding hydrogens is 306 g/mol. The molecule has 0 aliphatic heterocycles. The van der Waals surface area contributed by atoms with Crippen molar-refractivity contribution in [1.29, 1.82) is 0 Å². The SMILES string of the molecule is COc1ccccc1CNCc1nnc(-c2ccccc2OC)o1. The highest BCUT2D eigenvalue weighted by Gasteiger charge is 2.12. The summed E-state index contributed by atoms with van der Waals surface area (Å²) in [4.78, 5) is 0. The largest absolute Gasteiger partial charge is 0.496 e.